The summed E-state index contributed by atoms with van der Waals surface area (Å²) >= 11 is 5.75. The summed E-state index contributed by atoms with van der Waals surface area (Å²) in [5.74, 6) is -2.74. The van der Waals surface area contributed by atoms with Gasteiger partial charge < -0.3 is 10.6 Å². The number of carbonyl (C=O) groups excluding carboxylic acids is 3. The standard InChI is InChI=1S/C17H13ClF2N4O3/c1-17(9-2-4-12(19)11(18)6-9)15(26)24(16(27)23-17)8-14(25)22-10-3-5-13(20)21-7-10/h2-7H,8H2,1H3,(H,22,25)(H,23,27). The molecular formula is C17H13ClF2N4O3. The molecule has 0 spiro atoms. The van der Waals surface area contributed by atoms with Crippen molar-refractivity contribution in [3.63, 3.8) is 0 Å². The molecule has 27 heavy (non-hydrogen) atoms. The van der Waals surface area contributed by atoms with E-state index in [1.807, 2.05) is 0 Å². The fourth-order valence-electron chi connectivity index (χ4n) is 2.64. The van der Waals surface area contributed by atoms with Crippen LogP contribution in [0, 0.1) is 11.8 Å². The second-order valence-corrected chi connectivity index (χ2v) is 6.40. The van der Waals surface area contributed by atoms with Crippen LogP contribution in [0.5, 0.6) is 0 Å². The lowest BCUT2D eigenvalue weighted by Gasteiger charge is -2.22. The average molecular weight is 395 g/mol. The molecule has 2 heterocycles. The smallest absolute Gasteiger partial charge is 0.323 e. The lowest BCUT2D eigenvalue weighted by Crippen LogP contribution is -2.42. The first-order valence-electron chi connectivity index (χ1n) is 7.72. The Morgan fingerprint density at radius 2 is 2.04 bits per heavy atom. The number of urea groups is 1. The zero-order valence-electron chi connectivity index (χ0n) is 13.9. The van der Waals surface area contributed by atoms with Crippen LogP contribution in [-0.2, 0) is 15.1 Å². The molecule has 1 aliphatic rings. The highest BCUT2D eigenvalue weighted by Gasteiger charge is 2.49. The largest absolute Gasteiger partial charge is 0.325 e. The summed E-state index contributed by atoms with van der Waals surface area (Å²) in [6.07, 6.45) is 1.10. The van der Waals surface area contributed by atoms with Crippen LogP contribution >= 0.6 is 11.6 Å². The number of benzene rings is 1. The molecule has 1 fully saturated rings. The number of hydrogen-bond donors (Lipinski definition) is 2. The molecule has 1 unspecified atom stereocenters. The Labute approximate surface area is 157 Å². The van der Waals surface area contributed by atoms with Gasteiger partial charge in [-0.3, -0.25) is 14.5 Å². The molecule has 0 aliphatic carbocycles. The summed E-state index contributed by atoms with van der Waals surface area (Å²) in [5, 5.41) is 4.69. The molecule has 10 heteroatoms. The van der Waals surface area contributed by atoms with Crippen LogP contribution in [0.2, 0.25) is 5.02 Å². The van der Waals surface area contributed by atoms with Crippen LogP contribution in [0.25, 0.3) is 0 Å². The number of nitrogens with zero attached hydrogens (tertiary/aromatic N) is 2. The van der Waals surface area contributed by atoms with Gasteiger partial charge in [0, 0.05) is 0 Å². The van der Waals surface area contributed by atoms with E-state index >= 15 is 0 Å². The first-order valence-corrected chi connectivity index (χ1v) is 8.09. The van der Waals surface area contributed by atoms with E-state index in [1.165, 1.54) is 25.1 Å². The Hall–Kier alpha value is -3.07. The molecular weight excluding hydrogens is 382 g/mol. The Morgan fingerprint density at radius 3 is 2.67 bits per heavy atom. The molecule has 1 aliphatic heterocycles. The van der Waals surface area contributed by atoms with E-state index in [0.29, 0.717) is 0 Å². The lowest BCUT2D eigenvalue weighted by atomic mass is 9.92. The minimum atomic E-state index is -1.49. The van der Waals surface area contributed by atoms with Crippen LogP contribution in [0.3, 0.4) is 0 Å². The molecule has 2 N–H and O–H groups in total. The number of carbonyl (C=O) groups is 3. The Morgan fingerprint density at radius 1 is 1.30 bits per heavy atom. The maximum absolute atomic E-state index is 13.4. The predicted octanol–water partition coefficient (Wildman–Crippen LogP) is 2.42. The van der Waals surface area contributed by atoms with Crippen LogP contribution < -0.4 is 10.6 Å². The maximum atomic E-state index is 13.4. The summed E-state index contributed by atoms with van der Waals surface area (Å²) in [7, 11) is 0. The summed E-state index contributed by atoms with van der Waals surface area (Å²) < 4.78 is 26.2. The van der Waals surface area contributed by atoms with E-state index in [0.717, 1.165) is 23.2 Å². The number of pyridine rings is 1. The molecule has 7 nitrogen and oxygen atoms in total. The van der Waals surface area contributed by atoms with Gasteiger partial charge in [0.05, 0.1) is 16.9 Å². The first-order chi connectivity index (χ1) is 12.7. The van der Waals surface area contributed by atoms with Gasteiger partial charge in [0.2, 0.25) is 11.9 Å². The SMILES string of the molecule is CC1(c2ccc(F)c(Cl)c2)NC(=O)N(CC(=O)Nc2ccc(F)nc2)C1=O. The van der Waals surface area contributed by atoms with Gasteiger partial charge in [-0.25, -0.2) is 14.2 Å². The monoisotopic (exact) mass is 394 g/mol. The van der Waals surface area contributed by atoms with Crippen LogP contribution in [-0.4, -0.2) is 34.3 Å². The van der Waals surface area contributed by atoms with Gasteiger partial charge in [-0.1, -0.05) is 17.7 Å². The van der Waals surface area contributed by atoms with Crippen molar-refractivity contribution in [1.82, 2.24) is 15.2 Å². The maximum Gasteiger partial charge on any atom is 0.325 e. The second kappa shape index (κ2) is 6.92. The number of aromatic nitrogens is 1. The molecule has 140 valence electrons. The molecule has 1 aromatic heterocycles. The number of rotatable bonds is 4. The van der Waals surface area contributed by atoms with E-state index in [9.17, 15) is 23.2 Å². The number of hydrogen-bond acceptors (Lipinski definition) is 4. The molecule has 0 saturated carbocycles. The number of halogens is 3. The second-order valence-electron chi connectivity index (χ2n) is 5.99. The van der Waals surface area contributed by atoms with Crippen molar-refractivity contribution in [2.75, 3.05) is 11.9 Å². The molecule has 3 rings (SSSR count). The minimum Gasteiger partial charge on any atom is -0.323 e. The van der Waals surface area contributed by atoms with Crippen molar-refractivity contribution in [3.8, 4) is 0 Å². The van der Waals surface area contributed by atoms with Crippen molar-refractivity contribution in [2.45, 2.75) is 12.5 Å². The third-order valence-electron chi connectivity index (χ3n) is 4.08. The topological polar surface area (TPSA) is 91.4 Å². The van der Waals surface area contributed by atoms with Gasteiger partial charge in [0.25, 0.3) is 5.91 Å². The molecule has 0 radical (unpaired) electrons. The lowest BCUT2D eigenvalue weighted by molar-refractivity contribution is -0.133. The number of amides is 4. The van der Waals surface area contributed by atoms with Crippen LogP contribution in [0.15, 0.2) is 36.5 Å². The Balaban J connectivity index is 1.76. The van der Waals surface area contributed by atoms with Crippen molar-refractivity contribution in [1.29, 1.82) is 0 Å². The summed E-state index contributed by atoms with van der Waals surface area (Å²) in [4.78, 5) is 41.2. The van der Waals surface area contributed by atoms with E-state index in [1.54, 1.807) is 0 Å². The predicted molar refractivity (Wildman–Crippen MR) is 91.8 cm³/mol. The fraction of sp³-hybridized carbons (Fsp3) is 0.176. The summed E-state index contributed by atoms with van der Waals surface area (Å²) in [5.41, 5.74) is -1.01. The van der Waals surface area contributed by atoms with Gasteiger partial charge >= 0.3 is 6.03 Å². The molecule has 1 atom stereocenters. The highest BCUT2D eigenvalue weighted by Crippen LogP contribution is 2.31. The third kappa shape index (κ3) is 3.59. The van der Waals surface area contributed by atoms with E-state index < -0.39 is 41.7 Å². The Kier molecular flexibility index (Phi) is 4.79. The van der Waals surface area contributed by atoms with Crippen molar-refractivity contribution < 1.29 is 23.2 Å². The molecule has 2 aromatic rings. The van der Waals surface area contributed by atoms with Gasteiger partial charge in [-0.15, -0.1) is 0 Å². The average Bonchev–Trinajstić information content (AvgIpc) is 2.83. The molecule has 4 amide bonds. The van der Waals surface area contributed by atoms with E-state index in [2.05, 4.69) is 15.6 Å². The zero-order chi connectivity index (χ0) is 19.8. The van der Waals surface area contributed by atoms with Gasteiger partial charge in [-0.05, 0) is 36.8 Å². The fourth-order valence-corrected chi connectivity index (χ4v) is 2.82. The van der Waals surface area contributed by atoms with Crippen molar-refractivity contribution in [2.24, 2.45) is 0 Å². The molecule has 1 saturated heterocycles. The summed E-state index contributed by atoms with van der Waals surface area (Å²) in [6.45, 7) is 0.866. The first kappa shape index (κ1) is 18.7. The quantitative estimate of drug-likeness (QED) is 0.615. The highest BCUT2D eigenvalue weighted by molar-refractivity contribution is 6.30. The number of anilines is 1. The molecule has 1 aromatic carbocycles. The minimum absolute atomic E-state index is 0.198. The molecule has 0 bridgehead atoms. The Bertz CT molecular complexity index is 938. The third-order valence-corrected chi connectivity index (χ3v) is 4.37. The number of nitrogens with one attached hydrogen (secondary N) is 2. The number of imide groups is 1. The van der Waals surface area contributed by atoms with Gasteiger partial charge in [-0.2, -0.15) is 4.39 Å². The van der Waals surface area contributed by atoms with E-state index in [-0.39, 0.29) is 16.3 Å². The van der Waals surface area contributed by atoms with Crippen molar-refractivity contribution >= 4 is 35.1 Å². The normalized spacial score (nSPS) is 19.2. The highest BCUT2D eigenvalue weighted by atomic mass is 35.5. The van der Waals surface area contributed by atoms with E-state index in [4.69, 9.17) is 11.6 Å². The summed E-state index contributed by atoms with van der Waals surface area (Å²) in [6, 6.07) is 5.21. The van der Waals surface area contributed by atoms with Gasteiger partial charge in [0.15, 0.2) is 0 Å². The van der Waals surface area contributed by atoms with Gasteiger partial charge in [0.1, 0.15) is 17.9 Å². The van der Waals surface area contributed by atoms with Crippen molar-refractivity contribution in [3.05, 3.63) is 58.9 Å². The van der Waals surface area contributed by atoms with Crippen LogP contribution in [0.4, 0.5) is 19.3 Å². The van der Waals surface area contributed by atoms with Crippen LogP contribution in [0.1, 0.15) is 12.5 Å². The zero-order valence-corrected chi connectivity index (χ0v) is 14.7.